The Morgan fingerprint density at radius 3 is 1.68 bits per heavy atom. The van der Waals surface area contributed by atoms with Gasteiger partial charge in [0.15, 0.2) is 0 Å². The van der Waals surface area contributed by atoms with Crippen LogP contribution >= 0.6 is 11.3 Å². The molecule has 1 aromatic heterocycles. The Morgan fingerprint density at radius 1 is 0.516 bits per heavy atom. The third-order valence-electron chi connectivity index (χ3n) is 6.31. The normalized spacial score (nSPS) is 13.3. The van der Waals surface area contributed by atoms with Crippen molar-refractivity contribution < 1.29 is 0 Å². The summed E-state index contributed by atoms with van der Waals surface area (Å²) in [6.45, 7) is 20.9. The van der Waals surface area contributed by atoms with E-state index in [0.29, 0.717) is 0 Å². The van der Waals surface area contributed by atoms with Gasteiger partial charge in [-0.05, 0) is 56.2 Å². The van der Waals surface area contributed by atoms with Gasteiger partial charge in [0.25, 0.3) is 0 Å². The first kappa shape index (κ1) is 22.1. The Balaban J connectivity index is 2.17. The molecule has 0 unspecified atom stereocenters. The second-order valence-corrected chi connectivity index (χ2v) is 13.1. The van der Waals surface area contributed by atoms with Crippen molar-refractivity contribution in [3.8, 4) is 11.1 Å². The summed E-state index contributed by atoms with van der Waals surface area (Å²) in [4.78, 5) is 0. The van der Waals surface area contributed by atoms with Crippen molar-refractivity contribution in [1.82, 2.24) is 0 Å². The zero-order chi connectivity index (χ0) is 22.8. The van der Waals surface area contributed by atoms with Gasteiger partial charge in [0.05, 0.1) is 0 Å². The largest absolute Gasteiger partial charge is 0.135 e. The molecule has 4 aromatic rings. The van der Waals surface area contributed by atoms with Gasteiger partial charge in [-0.2, -0.15) is 0 Å². The third-order valence-corrected chi connectivity index (χ3v) is 7.43. The summed E-state index contributed by atoms with van der Waals surface area (Å²) in [7, 11) is 0. The van der Waals surface area contributed by atoms with E-state index in [-0.39, 0.29) is 16.2 Å². The van der Waals surface area contributed by atoms with Crippen molar-refractivity contribution in [2.45, 2.75) is 78.6 Å². The predicted octanol–water partition coefficient (Wildman–Crippen LogP) is 9.61. The van der Waals surface area contributed by atoms with Crippen LogP contribution in [0.5, 0.6) is 0 Å². The fraction of sp³-hybridized carbons (Fsp3) is 0.400. The molecule has 1 heteroatoms. The van der Waals surface area contributed by atoms with Gasteiger partial charge in [0, 0.05) is 20.2 Å². The minimum Gasteiger partial charge on any atom is -0.135 e. The molecule has 31 heavy (non-hydrogen) atoms. The molecule has 0 saturated carbocycles. The van der Waals surface area contributed by atoms with Crippen molar-refractivity contribution >= 4 is 31.5 Å². The summed E-state index contributed by atoms with van der Waals surface area (Å²) in [6.07, 6.45) is 0. The van der Waals surface area contributed by atoms with Crippen LogP contribution < -0.4 is 0 Å². The molecular formula is C30H36S. The summed E-state index contributed by atoms with van der Waals surface area (Å²) < 4.78 is 2.77. The zero-order valence-electron chi connectivity index (χ0n) is 20.6. The first-order valence-corrected chi connectivity index (χ1v) is 12.2. The van der Waals surface area contributed by atoms with Crippen LogP contribution in [0.15, 0.2) is 54.6 Å². The second-order valence-electron chi connectivity index (χ2n) is 12.0. The van der Waals surface area contributed by atoms with Gasteiger partial charge in [-0.25, -0.2) is 0 Å². The maximum absolute atomic E-state index is 2.46. The average Bonchev–Trinajstić information content (AvgIpc) is 3.04. The summed E-state index contributed by atoms with van der Waals surface area (Å²) in [5, 5.41) is 2.86. The maximum atomic E-state index is 2.46. The van der Waals surface area contributed by atoms with Crippen LogP contribution in [-0.4, -0.2) is 0 Å². The van der Waals surface area contributed by atoms with Crippen LogP contribution in [0.4, 0.5) is 0 Å². The number of rotatable bonds is 1. The summed E-state index contributed by atoms with van der Waals surface area (Å²) in [5.41, 5.74) is 7.29. The van der Waals surface area contributed by atoms with Gasteiger partial charge in [0.1, 0.15) is 0 Å². The predicted molar refractivity (Wildman–Crippen MR) is 141 cm³/mol. The highest BCUT2D eigenvalue weighted by Crippen LogP contribution is 2.46. The third kappa shape index (κ3) is 3.94. The molecular weight excluding hydrogens is 392 g/mol. The smallest absolute Gasteiger partial charge is 0.0361 e. The maximum Gasteiger partial charge on any atom is 0.0361 e. The molecule has 3 aromatic carbocycles. The second kappa shape index (κ2) is 7.20. The van der Waals surface area contributed by atoms with E-state index in [9.17, 15) is 0 Å². The Labute approximate surface area is 192 Å². The highest BCUT2D eigenvalue weighted by Gasteiger charge is 2.25. The zero-order valence-corrected chi connectivity index (χ0v) is 21.4. The SMILES string of the molecule is CC(C)(C)c1ccc(C(C)(C)C)c(-c2cccc3sc4cccc(C(C)(C)C)c4c23)c1. The number of hydrogen-bond donors (Lipinski definition) is 0. The average molecular weight is 429 g/mol. The molecule has 0 saturated heterocycles. The fourth-order valence-corrected chi connectivity index (χ4v) is 5.76. The Kier molecular flexibility index (Phi) is 5.13. The van der Waals surface area contributed by atoms with E-state index in [2.05, 4.69) is 117 Å². The van der Waals surface area contributed by atoms with Crippen molar-refractivity contribution in [1.29, 1.82) is 0 Å². The fourth-order valence-electron chi connectivity index (χ4n) is 4.60. The van der Waals surface area contributed by atoms with Crippen LogP contribution in [0.3, 0.4) is 0 Å². The minimum atomic E-state index is 0.0760. The monoisotopic (exact) mass is 428 g/mol. The molecule has 0 aliphatic carbocycles. The molecule has 0 N–H and O–H groups in total. The van der Waals surface area contributed by atoms with Crippen molar-refractivity contribution in [2.24, 2.45) is 0 Å². The molecule has 0 radical (unpaired) electrons. The number of benzene rings is 3. The van der Waals surface area contributed by atoms with Crippen molar-refractivity contribution in [3.05, 3.63) is 71.3 Å². The van der Waals surface area contributed by atoms with Crippen LogP contribution in [-0.2, 0) is 16.2 Å². The van der Waals surface area contributed by atoms with Crippen LogP contribution in [0.25, 0.3) is 31.3 Å². The van der Waals surface area contributed by atoms with Gasteiger partial charge < -0.3 is 0 Å². The van der Waals surface area contributed by atoms with E-state index in [0.717, 1.165) is 0 Å². The lowest BCUT2D eigenvalue weighted by Crippen LogP contribution is -2.16. The van der Waals surface area contributed by atoms with Crippen molar-refractivity contribution in [2.75, 3.05) is 0 Å². The highest BCUT2D eigenvalue weighted by atomic mass is 32.1. The Hall–Kier alpha value is -2.12. The molecule has 0 bridgehead atoms. The number of hydrogen-bond acceptors (Lipinski definition) is 1. The van der Waals surface area contributed by atoms with Gasteiger partial charge in [0.2, 0.25) is 0 Å². The topological polar surface area (TPSA) is 0 Å². The first-order valence-electron chi connectivity index (χ1n) is 11.4. The Morgan fingerprint density at radius 2 is 1.10 bits per heavy atom. The van der Waals surface area contributed by atoms with Gasteiger partial charge in [-0.1, -0.05) is 105 Å². The van der Waals surface area contributed by atoms with E-state index in [4.69, 9.17) is 0 Å². The summed E-state index contributed by atoms with van der Waals surface area (Å²) >= 11 is 1.92. The lowest BCUT2D eigenvalue weighted by molar-refractivity contribution is 0.578. The van der Waals surface area contributed by atoms with Gasteiger partial charge >= 0.3 is 0 Å². The number of thiophene rings is 1. The van der Waals surface area contributed by atoms with E-state index < -0.39 is 0 Å². The quantitative estimate of drug-likeness (QED) is 0.283. The Bertz CT molecular complexity index is 1260. The van der Waals surface area contributed by atoms with Gasteiger partial charge in [-0.3, -0.25) is 0 Å². The first-order chi connectivity index (χ1) is 14.3. The molecule has 0 atom stereocenters. The van der Waals surface area contributed by atoms with Crippen molar-refractivity contribution in [3.63, 3.8) is 0 Å². The molecule has 0 fully saturated rings. The lowest BCUT2D eigenvalue weighted by atomic mass is 9.77. The van der Waals surface area contributed by atoms with E-state index in [1.807, 2.05) is 11.3 Å². The summed E-state index contributed by atoms with van der Waals surface area (Å²) in [6, 6.07) is 20.9. The van der Waals surface area contributed by atoms with Gasteiger partial charge in [-0.15, -0.1) is 11.3 Å². The van der Waals surface area contributed by atoms with Crippen LogP contribution in [0.2, 0.25) is 0 Å². The molecule has 162 valence electrons. The standard InChI is InChI=1S/C30H36S/c1-28(2,3)19-16-17-22(29(4,5)6)21(18-19)20-12-10-14-24-26(20)27-23(30(7,8)9)13-11-15-25(27)31-24/h10-18H,1-9H3. The molecule has 4 rings (SSSR count). The molecule has 0 spiro atoms. The van der Waals surface area contributed by atoms with E-state index in [1.165, 1.54) is 48.0 Å². The highest BCUT2D eigenvalue weighted by molar-refractivity contribution is 7.26. The molecule has 0 aliphatic rings. The molecule has 1 heterocycles. The molecule has 0 amide bonds. The molecule has 0 aliphatic heterocycles. The number of fused-ring (bicyclic) bond motifs is 3. The van der Waals surface area contributed by atoms with E-state index >= 15 is 0 Å². The van der Waals surface area contributed by atoms with Crippen LogP contribution in [0, 0.1) is 0 Å². The molecule has 0 nitrogen and oxygen atoms in total. The van der Waals surface area contributed by atoms with E-state index in [1.54, 1.807) is 0 Å². The lowest BCUT2D eigenvalue weighted by Gasteiger charge is -2.27. The minimum absolute atomic E-state index is 0.0760. The van der Waals surface area contributed by atoms with Crippen LogP contribution in [0.1, 0.15) is 79.0 Å². The summed E-state index contributed by atoms with van der Waals surface area (Å²) in [5.74, 6) is 0.